The molecule has 0 spiro atoms. The third-order valence-corrected chi connectivity index (χ3v) is 6.89. The average molecular weight is 557 g/mol. The van der Waals surface area contributed by atoms with Crippen LogP contribution in [0.5, 0.6) is 17.2 Å². The third-order valence-electron chi connectivity index (χ3n) is 5.48. The fourth-order valence-corrected chi connectivity index (χ4v) is 4.43. The number of anilines is 2. The van der Waals surface area contributed by atoms with Crippen molar-refractivity contribution in [3.8, 4) is 17.2 Å². The van der Waals surface area contributed by atoms with Gasteiger partial charge in [0.25, 0.3) is 0 Å². The SMILES string of the molecule is CNS(=O)(=O)c1ccc(OCC(F)(F)F)c(Nc2ncnc3cc(OC)cc(OC4CCOC(=O)C4)c23)c1. The molecule has 0 bridgehead atoms. The van der Waals surface area contributed by atoms with Crippen molar-refractivity contribution in [2.45, 2.75) is 30.0 Å². The van der Waals surface area contributed by atoms with Crippen LogP contribution >= 0.6 is 0 Å². The highest BCUT2D eigenvalue weighted by molar-refractivity contribution is 7.89. The van der Waals surface area contributed by atoms with Gasteiger partial charge in [-0.15, -0.1) is 0 Å². The first kappa shape index (κ1) is 27.2. The van der Waals surface area contributed by atoms with E-state index in [0.717, 1.165) is 18.2 Å². The van der Waals surface area contributed by atoms with Crippen molar-refractivity contribution in [1.29, 1.82) is 0 Å². The second-order valence-corrected chi connectivity index (χ2v) is 9.98. The maximum absolute atomic E-state index is 12.9. The maximum atomic E-state index is 12.9. The predicted octanol–water partition coefficient (Wildman–Crippen LogP) is 3.32. The van der Waals surface area contributed by atoms with Gasteiger partial charge in [0, 0.05) is 18.6 Å². The van der Waals surface area contributed by atoms with E-state index in [4.69, 9.17) is 18.9 Å². The first-order chi connectivity index (χ1) is 18.0. The molecule has 1 saturated heterocycles. The molecule has 0 radical (unpaired) electrons. The van der Waals surface area contributed by atoms with E-state index in [1.54, 1.807) is 12.1 Å². The van der Waals surface area contributed by atoms with Crippen LogP contribution in [0, 0.1) is 0 Å². The van der Waals surface area contributed by atoms with Crippen LogP contribution in [-0.2, 0) is 19.6 Å². The lowest BCUT2D eigenvalue weighted by molar-refractivity contribution is -0.153. The molecule has 3 aromatic rings. The van der Waals surface area contributed by atoms with E-state index in [9.17, 15) is 26.4 Å². The number of alkyl halides is 3. The van der Waals surface area contributed by atoms with Gasteiger partial charge in [0.05, 0.1) is 41.6 Å². The summed E-state index contributed by atoms with van der Waals surface area (Å²) in [5, 5.41) is 3.18. The Hall–Kier alpha value is -3.85. The number of hydrogen-bond acceptors (Lipinski definition) is 10. The molecule has 1 aliphatic rings. The van der Waals surface area contributed by atoms with Crippen LogP contribution < -0.4 is 24.2 Å². The zero-order valence-corrected chi connectivity index (χ0v) is 21.0. The highest BCUT2D eigenvalue weighted by Gasteiger charge is 2.29. The monoisotopic (exact) mass is 556 g/mol. The minimum atomic E-state index is -4.63. The fourth-order valence-electron chi connectivity index (χ4n) is 3.67. The van der Waals surface area contributed by atoms with Crippen LogP contribution in [-0.4, -0.2) is 64.0 Å². The number of nitrogens with zero attached hydrogens (tertiary/aromatic N) is 2. The number of benzene rings is 2. The van der Waals surface area contributed by atoms with Crippen molar-refractivity contribution in [1.82, 2.24) is 14.7 Å². The summed E-state index contributed by atoms with van der Waals surface area (Å²) < 4.78 is 86.8. The Labute approximate surface area is 215 Å². The molecule has 0 saturated carbocycles. The minimum absolute atomic E-state index is 0.00844. The standard InChI is InChI=1S/C23H23F3N4O7S/c1-27-38(32,33)15-3-4-18(36-11-23(24,25)26)16(10-15)30-22-21-17(28-12-29-22)7-14(34-2)8-19(21)37-13-5-6-35-20(31)9-13/h3-4,7-8,10,12-13,27H,5-6,9,11H2,1-2H3,(H,28,29,30). The summed E-state index contributed by atoms with van der Waals surface area (Å²) in [6.45, 7) is -1.42. The lowest BCUT2D eigenvalue weighted by atomic mass is 10.1. The van der Waals surface area contributed by atoms with Gasteiger partial charge >= 0.3 is 12.1 Å². The second-order valence-electron chi connectivity index (χ2n) is 8.09. The number of carbonyl (C=O) groups excluding carboxylic acids is 1. The average Bonchev–Trinajstić information content (AvgIpc) is 2.87. The van der Waals surface area contributed by atoms with Gasteiger partial charge in [0.2, 0.25) is 10.0 Å². The molecule has 1 atom stereocenters. The molecular weight excluding hydrogens is 533 g/mol. The Morgan fingerprint density at radius 2 is 1.95 bits per heavy atom. The highest BCUT2D eigenvalue weighted by atomic mass is 32.2. The van der Waals surface area contributed by atoms with Crippen LogP contribution in [0.2, 0.25) is 0 Å². The van der Waals surface area contributed by atoms with Crippen LogP contribution in [0.1, 0.15) is 12.8 Å². The summed E-state index contributed by atoms with van der Waals surface area (Å²) in [6.07, 6.45) is -3.51. The molecule has 4 rings (SSSR count). The van der Waals surface area contributed by atoms with E-state index < -0.39 is 34.9 Å². The van der Waals surface area contributed by atoms with Crippen LogP contribution in [0.4, 0.5) is 24.7 Å². The summed E-state index contributed by atoms with van der Waals surface area (Å²) in [5.74, 6) is 0.0277. The van der Waals surface area contributed by atoms with Gasteiger partial charge in [-0.1, -0.05) is 0 Å². The molecule has 2 heterocycles. The zero-order chi connectivity index (χ0) is 27.5. The predicted molar refractivity (Wildman–Crippen MR) is 128 cm³/mol. The summed E-state index contributed by atoms with van der Waals surface area (Å²) in [4.78, 5) is 20.0. The minimum Gasteiger partial charge on any atom is -0.497 e. The smallest absolute Gasteiger partial charge is 0.422 e. The number of hydrogen-bond donors (Lipinski definition) is 2. The number of nitrogens with one attached hydrogen (secondary N) is 2. The Balaban J connectivity index is 1.80. The number of methoxy groups -OCH3 is 1. The summed E-state index contributed by atoms with van der Waals surface area (Å²) in [6, 6.07) is 6.48. The van der Waals surface area contributed by atoms with E-state index in [-0.39, 0.29) is 40.9 Å². The molecule has 2 aromatic carbocycles. The van der Waals surface area contributed by atoms with Crippen LogP contribution in [0.3, 0.4) is 0 Å². The topological polar surface area (TPSA) is 138 Å². The Kier molecular flexibility index (Phi) is 7.78. The summed E-state index contributed by atoms with van der Waals surface area (Å²) >= 11 is 0. The molecule has 2 N–H and O–H groups in total. The van der Waals surface area contributed by atoms with Gasteiger partial charge in [-0.05, 0) is 25.2 Å². The number of esters is 1. The Morgan fingerprint density at radius 3 is 2.63 bits per heavy atom. The number of cyclic esters (lactones) is 1. The van der Waals surface area contributed by atoms with E-state index in [2.05, 4.69) is 20.0 Å². The van der Waals surface area contributed by atoms with Gasteiger partial charge < -0.3 is 24.3 Å². The second kappa shape index (κ2) is 10.9. The zero-order valence-electron chi connectivity index (χ0n) is 20.2. The molecule has 15 heteroatoms. The quantitative estimate of drug-likeness (QED) is 0.378. The highest BCUT2D eigenvalue weighted by Crippen LogP contribution is 2.39. The first-order valence-electron chi connectivity index (χ1n) is 11.2. The number of rotatable bonds is 9. The molecule has 1 unspecified atom stereocenters. The number of carbonyl (C=O) groups is 1. The normalized spacial score (nSPS) is 16.1. The van der Waals surface area contributed by atoms with Gasteiger partial charge in [-0.25, -0.2) is 23.1 Å². The Morgan fingerprint density at radius 1 is 1.16 bits per heavy atom. The number of ether oxygens (including phenoxy) is 4. The van der Waals surface area contributed by atoms with Gasteiger partial charge in [0.15, 0.2) is 6.61 Å². The molecule has 1 fully saturated rings. The number of aromatic nitrogens is 2. The molecule has 1 aliphatic heterocycles. The van der Waals surface area contributed by atoms with Crippen molar-refractivity contribution in [3.63, 3.8) is 0 Å². The van der Waals surface area contributed by atoms with Crippen LogP contribution in [0.25, 0.3) is 10.9 Å². The fraction of sp³-hybridized carbons (Fsp3) is 0.348. The number of halogens is 3. The third kappa shape index (κ3) is 6.34. The molecule has 11 nitrogen and oxygen atoms in total. The van der Waals surface area contributed by atoms with Crippen molar-refractivity contribution in [2.24, 2.45) is 0 Å². The van der Waals surface area contributed by atoms with Gasteiger partial charge in [0.1, 0.15) is 35.5 Å². The summed E-state index contributed by atoms with van der Waals surface area (Å²) in [5.41, 5.74) is 0.251. The molecule has 1 aromatic heterocycles. The lowest BCUT2D eigenvalue weighted by Crippen LogP contribution is -2.29. The molecular formula is C23H23F3N4O7S. The Bertz CT molecular complexity index is 1450. The number of sulfonamides is 1. The van der Waals surface area contributed by atoms with Crippen molar-refractivity contribution < 1.29 is 45.3 Å². The van der Waals surface area contributed by atoms with E-state index in [1.807, 2.05) is 0 Å². The van der Waals surface area contributed by atoms with Crippen LogP contribution in [0.15, 0.2) is 41.6 Å². The lowest BCUT2D eigenvalue weighted by Gasteiger charge is -2.24. The maximum Gasteiger partial charge on any atom is 0.422 e. The van der Waals surface area contributed by atoms with Crippen molar-refractivity contribution in [3.05, 3.63) is 36.7 Å². The molecule has 38 heavy (non-hydrogen) atoms. The van der Waals surface area contributed by atoms with Gasteiger partial charge in [-0.3, -0.25) is 4.79 Å². The molecule has 0 amide bonds. The largest absolute Gasteiger partial charge is 0.497 e. The van der Waals surface area contributed by atoms with E-state index in [1.165, 1.54) is 20.5 Å². The van der Waals surface area contributed by atoms with E-state index in [0.29, 0.717) is 23.1 Å². The molecule has 204 valence electrons. The first-order valence-corrected chi connectivity index (χ1v) is 12.7. The van der Waals surface area contributed by atoms with Gasteiger partial charge in [-0.2, -0.15) is 13.2 Å². The summed E-state index contributed by atoms with van der Waals surface area (Å²) in [7, 11) is -1.30. The van der Waals surface area contributed by atoms with Crippen molar-refractivity contribution >= 4 is 38.4 Å². The number of fused-ring (bicyclic) bond motifs is 1. The van der Waals surface area contributed by atoms with Crippen molar-refractivity contribution in [2.75, 3.05) is 32.7 Å². The molecule has 0 aliphatic carbocycles. The van der Waals surface area contributed by atoms with E-state index >= 15 is 0 Å².